The Morgan fingerprint density at radius 3 is 2.73 bits per heavy atom. The molecule has 124 valence electrons. The number of hydrogen-bond acceptors (Lipinski definition) is 3. The van der Waals surface area contributed by atoms with Gasteiger partial charge in [-0.05, 0) is 50.5 Å². The van der Waals surface area contributed by atoms with Crippen LogP contribution < -0.4 is 5.73 Å². The molecule has 1 saturated carbocycles. The summed E-state index contributed by atoms with van der Waals surface area (Å²) in [5.41, 5.74) is 6.50. The third kappa shape index (κ3) is 4.57. The van der Waals surface area contributed by atoms with Gasteiger partial charge in [-0.25, -0.2) is 4.98 Å². The van der Waals surface area contributed by atoms with Gasteiger partial charge < -0.3 is 15.4 Å². The summed E-state index contributed by atoms with van der Waals surface area (Å²) in [6.07, 6.45) is 9.96. The summed E-state index contributed by atoms with van der Waals surface area (Å²) in [5, 5.41) is 9.39. The minimum Gasteiger partial charge on any atom is -0.481 e. The van der Waals surface area contributed by atoms with Gasteiger partial charge in [0.25, 0.3) is 0 Å². The highest BCUT2D eigenvalue weighted by Crippen LogP contribution is 2.32. The van der Waals surface area contributed by atoms with E-state index < -0.39 is 11.9 Å². The SMILES string of the molecule is C[C@H](CN)C[C@H](Cc1cn([C@H]2CC[C@H](C)CC2)cn1)C(=O)O. The van der Waals surface area contributed by atoms with Crippen LogP contribution in [0.5, 0.6) is 0 Å². The summed E-state index contributed by atoms with van der Waals surface area (Å²) >= 11 is 0. The fourth-order valence-corrected chi connectivity index (χ4v) is 3.33. The molecule has 1 aromatic heterocycles. The summed E-state index contributed by atoms with van der Waals surface area (Å²) in [5.74, 6) is -0.0916. The number of aliphatic carboxylic acids is 1. The lowest BCUT2D eigenvalue weighted by atomic mass is 9.87. The van der Waals surface area contributed by atoms with Crippen LogP contribution in [0.1, 0.15) is 57.7 Å². The molecule has 2 atom stereocenters. The second kappa shape index (κ2) is 7.77. The van der Waals surface area contributed by atoms with E-state index in [1.807, 2.05) is 19.4 Å². The van der Waals surface area contributed by atoms with Crippen molar-refractivity contribution in [1.82, 2.24) is 9.55 Å². The highest BCUT2D eigenvalue weighted by Gasteiger charge is 2.23. The van der Waals surface area contributed by atoms with Gasteiger partial charge in [0.05, 0.1) is 17.9 Å². The smallest absolute Gasteiger partial charge is 0.306 e. The molecule has 2 rings (SSSR count). The molecular formula is C17H29N3O2. The van der Waals surface area contributed by atoms with Crippen LogP contribution in [0.15, 0.2) is 12.5 Å². The van der Waals surface area contributed by atoms with Crippen molar-refractivity contribution in [3.8, 4) is 0 Å². The fourth-order valence-electron chi connectivity index (χ4n) is 3.33. The zero-order valence-corrected chi connectivity index (χ0v) is 13.7. The highest BCUT2D eigenvalue weighted by molar-refractivity contribution is 5.70. The number of carboxylic acids is 1. The van der Waals surface area contributed by atoms with Gasteiger partial charge in [0, 0.05) is 18.7 Å². The van der Waals surface area contributed by atoms with Crippen LogP contribution in [0.4, 0.5) is 0 Å². The number of aromatic nitrogens is 2. The number of nitrogens with two attached hydrogens (primary N) is 1. The normalized spacial score (nSPS) is 24.9. The number of nitrogens with zero attached hydrogens (tertiary/aromatic N) is 2. The molecule has 0 radical (unpaired) electrons. The standard InChI is InChI=1S/C17H29N3O2/c1-12-3-5-16(6-4-12)20-10-15(19-11-20)8-14(17(21)22)7-13(2)9-18/h10-14,16H,3-9,18H2,1-2H3,(H,21,22)/t12-,13-,14+,16-/m0/s1. The van der Waals surface area contributed by atoms with Crippen LogP contribution in [0.3, 0.4) is 0 Å². The van der Waals surface area contributed by atoms with E-state index in [4.69, 9.17) is 5.73 Å². The molecule has 0 unspecified atom stereocenters. The molecule has 1 aromatic rings. The zero-order chi connectivity index (χ0) is 16.1. The van der Waals surface area contributed by atoms with E-state index >= 15 is 0 Å². The topological polar surface area (TPSA) is 81.1 Å². The summed E-state index contributed by atoms with van der Waals surface area (Å²) in [7, 11) is 0. The Morgan fingerprint density at radius 1 is 1.45 bits per heavy atom. The Bertz CT molecular complexity index is 478. The molecule has 1 aliphatic rings. The van der Waals surface area contributed by atoms with Crippen molar-refractivity contribution < 1.29 is 9.90 Å². The Hall–Kier alpha value is -1.36. The molecule has 0 amide bonds. The summed E-state index contributed by atoms with van der Waals surface area (Å²) < 4.78 is 2.19. The van der Waals surface area contributed by atoms with Crippen LogP contribution in [0, 0.1) is 17.8 Å². The minimum atomic E-state index is -0.749. The molecule has 0 aliphatic heterocycles. The second-order valence-electron chi connectivity index (χ2n) is 7.04. The van der Waals surface area contributed by atoms with Gasteiger partial charge in [-0.3, -0.25) is 4.79 Å². The molecule has 3 N–H and O–H groups in total. The van der Waals surface area contributed by atoms with E-state index in [0.29, 0.717) is 25.4 Å². The molecule has 5 heteroatoms. The fraction of sp³-hybridized carbons (Fsp3) is 0.765. The summed E-state index contributed by atoms with van der Waals surface area (Å²) in [4.78, 5) is 15.9. The third-order valence-corrected chi connectivity index (χ3v) is 4.96. The van der Waals surface area contributed by atoms with E-state index in [-0.39, 0.29) is 5.92 Å². The first kappa shape index (κ1) is 17.0. The number of hydrogen-bond donors (Lipinski definition) is 2. The zero-order valence-electron chi connectivity index (χ0n) is 13.7. The van der Waals surface area contributed by atoms with Gasteiger partial charge in [0.2, 0.25) is 0 Å². The van der Waals surface area contributed by atoms with Crippen molar-refractivity contribution in [2.24, 2.45) is 23.5 Å². The average molecular weight is 307 g/mol. The minimum absolute atomic E-state index is 0.225. The van der Waals surface area contributed by atoms with Crippen LogP contribution in [-0.2, 0) is 11.2 Å². The first-order chi connectivity index (χ1) is 10.5. The Balaban J connectivity index is 1.96. The average Bonchev–Trinajstić information content (AvgIpc) is 2.95. The van der Waals surface area contributed by atoms with Crippen molar-refractivity contribution in [3.63, 3.8) is 0 Å². The molecule has 0 spiro atoms. The Kier molecular flexibility index (Phi) is 6.00. The van der Waals surface area contributed by atoms with Crippen LogP contribution >= 0.6 is 0 Å². The van der Waals surface area contributed by atoms with Crippen LogP contribution in [-0.4, -0.2) is 27.2 Å². The van der Waals surface area contributed by atoms with E-state index in [1.165, 1.54) is 25.7 Å². The van der Waals surface area contributed by atoms with Gasteiger partial charge in [-0.15, -0.1) is 0 Å². The first-order valence-electron chi connectivity index (χ1n) is 8.44. The lowest BCUT2D eigenvalue weighted by molar-refractivity contribution is -0.142. The van der Waals surface area contributed by atoms with Gasteiger partial charge in [0.1, 0.15) is 0 Å². The third-order valence-electron chi connectivity index (χ3n) is 4.96. The van der Waals surface area contributed by atoms with E-state index in [1.54, 1.807) is 0 Å². The van der Waals surface area contributed by atoms with Crippen molar-refractivity contribution in [2.75, 3.05) is 6.54 Å². The van der Waals surface area contributed by atoms with Crippen LogP contribution in [0.2, 0.25) is 0 Å². The lowest BCUT2D eigenvalue weighted by Gasteiger charge is -2.26. The lowest BCUT2D eigenvalue weighted by Crippen LogP contribution is -2.23. The second-order valence-corrected chi connectivity index (χ2v) is 7.04. The molecule has 1 heterocycles. The van der Waals surface area contributed by atoms with Crippen LogP contribution in [0.25, 0.3) is 0 Å². The summed E-state index contributed by atoms with van der Waals surface area (Å²) in [6, 6.07) is 0.531. The monoisotopic (exact) mass is 307 g/mol. The predicted molar refractivity (Wildman–Crippen MR) is 86.6 cm³/mol. The van der Waals surface area contributed by atoms with Gasteiger partial charge in [-0.2, -0.15) is 0 Å². The maximum Gasteiger partial charge on any atom is 0.306 e. The van der Waals surface area contributed by atoms with Crippen molar-refractivity contribution in [3.05, 3.63) is 18.2 Å². The largest absolute Gasteiger partial charge is 0.481 e. The summed E-state index contributed by atoms with van der Waals surface area (Å²) in [6.45, 7) is 4.84. The number of carboxylic acid groups (broad SMARTS) is 1. The quantitative estimate of drug-likeness (QED) is 0.811. The van der Waals surface area contributed by atoms with Gasteiger partial charge in [0.15, 0.2) is 0 Å². The Morgan fingerprint density at radius 2 is 2.14 bits per heavy atom. The predicted octanol–water partition coefficient (Wildman–Crippen LogP) is 2.86. The maximum absolute atomic E-state index is 11.4. The van der Waals surface area contributed by atoms with Gasteiger partial charge >= 0.3 is 5.97 Å². The van der Waals surface area contributed by atoms with E-state index in [9.17, 15) is 9.90 Å². The molecule has 1 aliphatic carbocycles. The Labute approximate surface area is 132 Å². The molecule has 0 saturated heterocycles. The number of rotatable bonds is 7. The van der Waals surface area contributed by atoms with E-state index in [0.717, 1.165) is 11.6 Å². The number of imidazole rings is 1. The molecule has 1 fully saturated rings. The van der Waals surface area contributed by atoms with Gasteiger partial charge in [-0.1, -0.05) is 13.8 Å². The molecule has 0 bridgehead atoms. The van der Waals surface area contributed by atoms with E-state index in [2.05, 4.69) is 16.5 Å². The van der Waals surface area contributed by atoms with Crippen molar-refractivity contribution >= 4 is 5.97 Å². The number of carbonyl (C=O) groups is 1. The highest BCUT2D eigenvalue weighted by atomic mass is 16.4. The molecule has 5 nitrogen and oxygen atoms in total. The maximum atomic E-state index is 11.4. The molecular weight excluding hydrogens is 278 g/mol. The van der Waals surface area contributed by atoms with Crippen molar-refractivity contribution in [2.45, 2.75) is 58.4 Å². The molecule has 0 aromatic carbocycles. The van der Waals surface area contributed by atoms with Crippen molar-refractivity contribution in [1.29, 1.82) is 0 Å². The first-order valence-corrected chi connectivity index (χ1v) is 8.44. The molecule has 22 heavy (non-hydrogen) atoms.